The highest BCUT2D eigenvalue weighted by molar-refractivity contribution is 7.92. The number of methoxy groups -OCH3 is 1. The topological polar surface area (TPSA) is 75.7 Å². The van der Waals surface area contributed by atoms with Gasteiger partial charge in [-0.15, -0.1) is 0 Å². The van der Waals surface area contributed by atoms with Gasteiger partial charge in [0.25, 0.3) is 10.0 Å². The van der Waals surface area contributed by atoms with Crippen molar-refractivity contribution in [1.82, 2.24) is 5.32 Å². The molecule has 3 aromatic carbocycles. The van der Waals surface area contributed by atoms with Crippen LogP contribution in [-0.4, -0.2) is 34.5 Å². The van der Waals surface area contributed by atoms with Crippen molar-refractivity contribution < 1.29 is 17.9 Å². The Kier molecular flexibility index (Phi) is 7.08. The Bertz CT molecular complexity index is 1050. The molecule has 3 aromatic rings. The van der Waals surface area contributed by atoms with E-state index in [-0.39, 0.29) is 17.3 Å². The number of ether oxygens (including phenoxy) is 1. The third kappa shape index (κ3) is 5.39. The normalized spacial score (nSPS) is 11.0. The van der Waals surface area contributed by atoms with E-state index in [0.717, 1.165) is 15.6 Å². The van der Waals surface area contributed by atoms with Gasteiger partial charge in [0.15, 0.2) is 0 Å². The van der Waals surface area contributed by atoms with Crippen molar-refractivity contribution >= 4 is 21.6 Å². The monoisotopic (exact) mass is 424 g/mol. The number of carbonyl (C=O) groups is 1. The second-order valence-corrected chi connectivity index (χ2v) is 8.47. The number of hydrogen-bond donors (Lipinski definition) is 1. The SMILES string of the molecule is COc1ccc(CCNC(=O)CN(c2ccccc2)S(=O)(=O)c2ccccc2)cc1. The average molecular weight is 425 g/mol. The zero-order chi connectivity index (χ0) is 21.4. The molecule has 30 heavy (non-hydrogen) atoms. The van der Waals surface area contributed by atoms with Gasteiger partial charge >= 0.3 is 0 Å². The molecule has 3 rings (SSSR count). The van der Waals surface area contributed by atoms with E-state index in [0.29, 0.717) is 18.7 Å². The average Bonchev–Trinajstić information content (AvgIpc) is 2.79. The molecule has 0 bridgehead atoms. The number of hydrogen-bond acceptors (Lipinski definition) is 4. The van der Waals surface area contributed by atoms with E-state index in [1.165, 1.54) is 12.1 Å². The van der Waals surface area contributed by atoms with Crippen LogP contribution >= 0.6 is 0 Å². The number of sulfonamides is 1. The molecule has 6 nitrogen and oxygen atoms in total. The molecule has 0 radical (unpaired) electrons. The summed E-state index contributed by atoms with van der Waals surface area (Å²) in [7, 11) is -2.27. The number of anilines is 1. The third-order valence-electron chi connectivity index (χ3n) is 4.56. The second-order valence-electron chi connectivity index (χ2n) is 6.61. The van der Waals surface area contributed by atoms with Crippen LogP contribution in [-0.2, 0) is 21.2 Å². The summed E-state index contributed by atoms with van der Waals surface area (Å²) < 4.78 is 32.6. The molecular formula is C23H24N2O4S. The molecule has 0 aromatic heterocycles. The molecule has 0 spiro atoms. The Morgan fingerprint density at radius 3 is 2.10 bits per heavy atom. The molecule has 0 saturated heterocycles. The lowest BCUT2D eigenvalue weighted by molar-refractivity contribution is -0.119. The molecule has 1 N–H and O–H groups in total. The van der Waals surface area contributed by atoms with Gasteiger partial charge in [-0.05, 0) is 48.4 Å². The maximum absolute atomic E-state index is 13.2. The van der Waals surface area contributed by atoms with Gasteiger partial charge in [-0.3, -0.25) is 9.10 Å². The Hall–Kier alpha value is -3.32. The van der Waals surface area contributed by atoms with E-state index in [4.69, 9.17) is 4.74 Å². The first-order valence-electron chi connectivity index (χ1n) is 9.53. The van der Waals surface area contributed by atoms with Crippen LogP contribution in [0.15, 0.2) is 89.8 Å². The molecule has 0 unspecified atom stereocenters. The van der Waals surface area contributed by atoms with E-state index in [1.807, 2.05) is 24.3 Å². The summed E-state index contributed by atoms with van der Waals surface area (Å²) in [4.78, 5) is 12.7. The molecule has 0 aliphatic heterocycles. The van der Waals surface area contributed by atoms with Crippen molar-refractivity contribution in [2.45, 2.75) is 11.3 Å². The molecule has 0 heterocycles. The Labute approximate surface area is 177 Å². The number of amides is 1. The van der Waals surface area contributed by atoms with Gasteiger partial charge in [-0.1, -0.05) is 48.5 Å². The number of para-hydroxylation sites is 1. The first-order chi connectivity index (χ1) is 14.5. The van der Waals surface area contributed by atoms with Gasteiger partial charge in [0.1, 0.15) is 12.3 Å². The van der Waals surface area contributed by atoms with E-state index < -0.39 is 10.0 Å². The first kappa shape index (κ1) is 21.4. The largest absolute Gasteiger partial charge is 0.497 e. The number of nitrogens with one attached hydrogen (secondary N) is 1. The van der Waals surface area contributed by atoms with E-state index in [1.54, 1.807) is 55.6 Å². The molecule has 0 atom stereocenters. The van der Waals surface area contributed by atoms with Gasteiger partial charge in [0.05, 0.1) is 17.7 Å². The van der Waals surface area contributed by atoms with Gasteiger partial charge in [-0.2, -0.15) is 0 Å². The van der Waals surface area contributed by atoms with Gasteiger partial charge < -0.3 is 10.1 Å². The molecule has 0 aliphatic carbocycles. The van der Waals surface area contributed by atoms with Gasteiger partial charge in [-0.25, -0.2) is 8.42 Å². The van der Waals surface area contributed by atoms with Crippen LogP contribution in [0.1, 0.15) is 5.56 Å². The quantitative estimate of drug-likeness (QED) is 0.572. The molecule has 1 amide bonds. The summed E-state index contributed by atoms with van der Waals surface area (Å²) in [5.74, 6) is 0.402. The minimum absolute atomic E-state index is 0.139. The summed E-state index contributed by atoms with van der Waals surface area (Å²) in [6, 6.07) is 24.3. The van der Waals surface area contributed by atoms with Crippen LogP contribution in [0.3, 0.4) is 0 Å². The zero-order valence-corrected chi connectivity index (χ0v) is 17.5. The van der Waals surface area contributed by atoms with Crippen molar-refractivity contribution in [3.05, 3.63) is 90.5 Å². The first-order valence-corrected chi connectivity index (χ1v) is 11.0. The van der Waals surface area contributed by atoms with Crippen LogP contribution in [0, 0.1) is 0 Å². The number of rotatable bonds is 9. The van der Waals surface area contributed by atoms with E-state index in [9.17, 15) is 13.2 Å². The lowest BCUT2D eigenvalue weighted by atomic mass is 10.1. The molecule has 156 valence electrons. The summed E-state index contributed by atoms with van der Waals surface area (Å²) in [5, 5.41) is 2.81. The van der Waals surface area contributed by atoms with E-state index >= 15 is 0 Å². The molecule has 7 heteroatoms. The van der Waals surface area contributed by atoms with Crippen LogP contribution in [0.25, 0.3) is 0 Å². The number of benzene rings is 3. The summed E-state index contributed by atoms with van der Waals surface area (Å²) >= 11 is 0. The Morgan fingerprint density at radius 2 is 1.50 bits per heavy atom. The fourth-order valence-electron chi connectivity index (χ4n) is 2.95. The molecular weight excluding hydrogens is 400 g/mol. The Morgan fingerprint density at radius 1 is 0.900 bits per heavy atom. The minimum atomic E-state index is -3.88. The predicted molar refractivity (Wildman–Crippen MR) is 117 cm³/mol. The lowest BCUT2D eigenvalue weighted by Crippen LogP contribution is -2.41. The molecule has 0 aliphatic rings. The van der Waals surface area contributed by atoms with Crippen LogP contribution in [0.5, 0.6) is 5.75 Å². The maximum atomic E-state index is 13.2. The highest BCUT2D eigenvalue weighted by Crippen LogP contribution is 2.23. The van der Waals surface area contributed by atoms with Crippen LogP contribution < -0.4 is 14.4 Å². The number of carbonyl (C=O) groups excluding carboxylic acids is 1. The van der Waals surface area contributed by atoms with Crippen LogP contribution in [0.4, 0.5) is 5.69 Å². The van der Waals surface area contributed by atoms with Gasteiger partial charge in [0, 0.05) is 6.54 Å². The smallest absolute Gasteiger partial charge is 0.264 e. The fraction of sp³-hybridized carbons (Fsp3) is 0.174. The highest BCUT2D eigenvalue weighted by atomic mass is 32.2. The zero-order valence-electron chi connectivity index (χ0n) is 16.7. The third-order valence-corrected chi connectivity index (χ3v) is 6.35. The minimum Gasteiger partial charge on any atom is -0.497 e. The maximum Gasteiger partial charge on any atom is 0.264 e. The van der Waals surface area contributed by atoms with Crippen molar-refractivity contribution in [2.75, 3.05) is 24.5 Å². The standard InChI is InChI=1S/C23H24N2O4S/c1-29-21-14-12-19(13-15-21)16-17-24-23(26)18-25(20-8-4-2-5-9-20)30(27,28)22-10-6-3-7-11-22/h2-15H,16-18H2,1H3,(H,24,26). The summed E-state index contributed by atoms with van der Waals surface area (Å²) in [6.45, 7) is 0.100. The van der Waals surface area contributed by atoms with Gasteiger partial charge in [0.2, 0.25) is 5.91 Å². The van der Waals surface area contributed by atoms with Crippen molar-refractivity contribution in [2.24, 2.45) is 0 Å². The fourth-order valence-corrected chi connectivity index (χ4v) is 4.40. The summed E-state index contributed by atoms with van der Waals surface area (Å²) in [6.07, 6.45) is 0.631. The van der Waals surface area contributed by atoms with Crippen LogP contribution in [0.2, 0.25) is 0 Å². The second kappa shape index (κ2) is 9.93. The van der Waals surface area contributed by atoms with E-state index in [2.05, 4.69) is 5.32 Å². The summed E-state index contributed by atoms with van der Waals surface area (Å²) in [5.41, 5.74) is 1.49. The predicted octanol–water partition coefficient (Wildman–Crippen LogP) is 3.25. The number of nitrogens with zero attached hydrogens (tertiary/aromatic N) is 1. The molecule has 0 saturated carbocycles. The van der Waals surface area contributed by atoms with Crippen molar-refractivity contribution in [1.29, 1.82) is 0 Å². The lowest BCUT2D eigenvalue weighted by Gasteiger charge is -2.24. The van der Waals surface area contributed by atoms with Crippen molar-refractivity contribution in [3.8, 4) is 5.75 Å². The highest BCUT2D eigenvalue weighted by Gasteiger charge is 2.26. The Balaban J connectivity index is 1.69. The molecule has 0 fully saturated rings. The van der Waals surface area contributed by atoms with Crippen molar-refractivity contribution in [3.63, 3.8) is 0 Å².